The van der Waals surface area contributed by atoms with Crippen molar-refractivity contribution >= 4 is 28.0 Å². The molecule has 6 heteroatoms. The maximum absolute atomic E-state index is 11.7. The van der Waals surface area contributed by atoms with E-state index in [1.54, 1.807) is 20.8 Å². The van der Waals surface area contributed by atoms with Gasteiger partial charge >= 0.3 is 12.1 Å². The van der Waals surface area contributed by atoms with Gasteiger partial charge in [0.2, 0.25) is 0 Å². The van der Waals surface area contributed by atoms with Gasteiger partial charge in [0, 0.05) is 10.9 Å². The van der Waals surface area contributed by atoms with E-state index in [1.807, 2.05) is 25.1 Å². The van der Waals surface area contributed by atoms with Crippen molar-refractivity contribution < 1.29 is 19.4 Å². The Balaban J connectivity index is 2.79. The van der Waals surface area contributed by atoms with E-state index in [2.05, 4.69) is 21.2 Å². The van der Waals surface area contributed by atoms with Crippen molar-refractivity contribution in [2.75, 3.05) is 0 Å². The number of carbonyl (C=O) groups is 2. The Bertz CT molecular complexity index is 537. The van der Waals surface area contributed by atoms with Crippen molar-refractivity contribution in [3.8, 4) is 0 Å². The zero-order chi connectivity index (χ0) is 16.2. The highest BCUT2D eigenvalue weighted by Gasteiger charge is 2.24. The summed E-state index contributed by atoms with van der Waals surface area (Å²) in [7, 11) is 0. The summed E-state index contributed by atoms with van der Waals surface area (Å²) in [5.41, 5.74) is 1.21. The zero-order valence-electron chi connectivity index (χ0n) is 12.6. The Morgan fingerprint density at radius 1 is 1.38 bits per heavy atom. The Morgan fingerprint density at radius 2 is 2.00 bits per heavy atom. The van der Waals surface area contributed by atoms with Gasteiger partial charge in [-0.15, -0.1) is 0 Å². The topological polar surface area (TPSA) is 75.6 Å². The van der Waals surface area contributed by atoms with Crippen LogP contribution in [0.4, 0.5) is 4.79 Å². The van der Waals surface area contributed by atoms with Crippen LogP contribution in [0.2, 0.25) is 0 Å². The van der Waals surface area contributed by atoms with Crippen LogP contribution in [-0.4, -0.2) is 28.8 Å². The normalized spacial score (nSPS) is 12.6. The number of amides is 1. The first-order valence-electron chi connectivity index (χ1n) is 6.56. The average Bonchev–Trinajstić information content (AvgIpc) is 2.28. The van der Waals surface area contributed by atoms with Crippen LogP contribution in [0.3, 0.4) is 0 Å². The molecule has 5 nitrogen and oxygen atoms in total. The number of carboxylic acids is 1. The van der Waals surface area contributed by atoms with Crippen molar-refractivity contribution in [1.82, 2.24) is 5.32 Å². The molecule has 0 aliphatic carbocycles. The van der Waals surface area contributed by atoms with Gasteiger partial charge in [0.05, 0.1) is 0 Å². The molecule has 0 heterocycles. The summed E-state index contributed by atoms with van der Waals surface area (Å²) in [6.07, 6.45) is -0.562. The Hall–Kier alpha value is -1.56. The second-order valence-electron chi connectivity index (χ2n) is 5.84. The van der Waals surface area contributed by atoms with Gasteiger partial charge < -0.3 is 15.2 Å². The lowest BCUT2D eigenvalue weighted by Gasteiger charge is -2.22. The molecule has 1 unspecified atom stereocenters. The van der Waals surface area contributed by atoms with Crippen LogP contribution in [0.25, 0.3) is 0 Å². The highest BCUT2D eigenvalue weighted by molar-refractivity contribution is 9.10. The summed E-state index contributed by atoms with van der Waals surface area (Å²) < 4.78 is 5.90. The standard InChI is InChI=1S/C15H20BrNO4/c1-9-5-6-10(11(16)7-9)8-12(13(18)19)17-14(20)21-15(2,3)4/h5-7,12H,8H2,1-4H3,(H,17,20)(H,18,19). The Kier molecular flexibility index (Phi) is 5.78. The third kappa shape index (κ3) is 6.16. The Labute approximate surface area is 132 Å². The number of nitrogens with one attached hydrogen (secondary N) is 1. The number of halogens is 1. The summed E-state index contributed by atoms with van der Waals surface area (Å²) in [6.45, 7) is 7.11. The van der Waals surface area contributed by atoms with Gasteiger partial charge in [-0.3, -0.25) is 0 Å². The summed E-state index contributed by atoms with van der Waals surface area (Å²) in [4.78, 5) is 23.0. The van der Waals surface area contributed by atoms with Crippen molar-refractivity contribution in [3.63, 3.8) is 0 Å². The van der Waals surface area contributed by atoms with E-state index in [1.165, 1.54) is 0 Å². The number of benzene rings is 1. The SMILES string of the molecule is Cc1ccc(CC(NC(=O)OC(C)(C)C)C(=O)O)c(Br)c1. The Morgan fingerprint density at radius 3 is 2.48 bits per heavy atom. The van der Waals surface area contributed by atoms with Gasteiger partial charge in [0.1, 0.15) is 11.6 Å². The number of ether oxygens (including phenoxy) is 1. The number of carboxylic acid groups (broad SMARTS) is 1. The van der Waals surface area contributed by atoms with Crippen LogP contribution in [0.15, 0.2) is 22.7 Å². The fourth-order valence-corrected chi connectivity index (χ4v) is 2.34. The average molecular weight is 358 g/mol. The van der Waals surface area contributed by atoms with Crippen LogP contribution in [0, 0.1) is 6.92 Å². The monoisotopic (exact) mass is 357 g/mol. The first-order chi connectivity index (χ1) is 9.58. The number of rotatable bonds is 4. The van der Waals surface area contributed by atoms with Gasteiger partial charge in [-0.25, -0.2) is 9.59 Å². The molecule has 0 spiro atoms. The molecule has 0 radical (unpaired) electrons. The third-order valence-electron chi connectivity index (χ3n) is 2.62. The summed E-state index contributed by atoms with van der Waals surface area (Å²) in [6, 6.07) is 4.60. The first-order valence-corrected chi connectivity index (χ1v) is 7.35. The minimum Gasteiger partial charge on any atom is -0.480 e. The second-order valence-corrected chi connectivity index (χ2v) is 6.69. The van der Waals surface area contributed by atoms with Gasteiger partial charge in [-0.2, -0.15) is 0 Å². The minimum atomic E-state index is -1.10. The lowest BCUT2D eigenvalue weighted by Crippen LogP contribution is -2.44. The number of aliphatic carboxylic acids is 1. The van der Waals surface area contributed by atoms with Crippen molar-refractivity contribution in [3.05, 3.63) is 33.8 Å². The van der Waals surface area contributed by atoms with E-state index < -0.39 is 23.7 Å². The molecule has 0 aliphatic rings. The van der Waals surface area contributed by atoms with Crippen molar-refractivity contribution in [2.24, 2.45) is 0 Å². The molecular formula is C15H20BrNO4. The predicted octanol–water partition coefficient (Wildman–Crippen LogP) is 3.28. The largest absolute Gasteiger partial charge is 0.480 e. The fraction of sp³-hybridized carbons (Fsp3) is 0.467. The number of hydrogen-bond acceptors (Lipinski definition) is 3. The number of alkyl carbamates (subject to hydrolysis) is 1. The molecule has 1 amide bonds. The molecule has 2 N–H and O–H groups in total. The molecule has 0 bridgehead atoms. The molecule has 1 aromatic rings. The predicted molar refractivity (Wildman–Crippen MR) is 83.4 cm³/mol. The quantitative estimate of drug-likeness (QED) is 0.866. The van der Waals surface area contributed by atoms with Crippen LogP contribution >= 0.6 is 15.9 Å². The molecular weight excluding hydrogens is 338 g/mol. The zero-order valence-corrected chi connectivity index (χ0v) is 14.2. The summed E-state index contributed by atoms with van der Waals surface area (Å²) in [5, 5.41) is 11.6. The maximum Gasteiger partial charge on any atom is 0.408 e. The lowest BCUT2D eigenvalue weighted by atomic mass is 10.0. The molecule has 0 aromatic heterocycles. The molecule has 21 heavy (non-hydrogen) atoms. The van der Waals surface area contributed by atoms with E-state index in [9.17, 15) is 14.7 Å². The first kappa shape index (κ1) is 17.5. The molecule has 1 atom stereocenters. The summed E-state index contributed by atoms with van der Waals surface area (Å²) in [5.74, 6) is -1.10. The van der Waals surface area contributed by atoms with E-state index >= 15 is 0 Å². The van der Waals surface area contributed by atoms with Gasteiger partial charge in [0.15, 0.2) is 0 Å². The van der Waals surface area contributed by atoms with Gasteiger partial charge in [0.25, 0.3) is 0 Å². The van der Waals surface area contributed by atoms with Crippen LogP contribution in [-0.2, 0) is 16.0 Å². The lowest BCUT2D eigenvalue weighted by molar-refractivity contribution is -0.139. The molecule has 1 aromatic carbocycles. The minimum absolute atomic E-state index is 0.176. The third-order valence-corrected chi connectivity index (χ3v) is 3.36. The van der Waals surface area contributed by atoms with Gasteiger partial charge in [-0.1, -0.05) is 28.1 Å². The molecule has 0 aliphatic heterocycles. The molecule has 0 fully saturated rings. The number of aryl methyl sites for hydroxylation is 1. The maximum atomic E-state index is 11.7. The van der Waals surface area contributed by atoms with Crippen LogP contribution < -0.4 is 5.32 Å². The summed E-state index contributed by atoms with van der Waals surface area (Å²) >= 11 is 3.40. The molecule has 1 rings (SSSR count). The molecule has 116 valence electrons. The molecule has 0 saturated heterocycles. The smallest absolute Gasteiger partial charge is 0.408 e. The van der Waals surface area contributed by atoms with Crippen LogP contribution in [0.5, 0.6) is 0 Å². The highest BCUT2D eigenvalue weighted by atomic mass is 79.9. The molecule has 0 saturated carbocycles. The number of hydrogen-bond donors (Lipinski definition) is 2. The van der Waals surface area contributed by atoms with Crippen molar-refractivity contribution in [2.45, 2.75) is 45.8 Å². The van der Waals surface area contributed by atoms with E-state index in [-0.39, 0.29) is 6.42 Å². The van der Waals surface area contributed by atoms with Crippen LogP contribution in [0.1, 0.15) is 31.9 Å². The van der Waals surface area contributed by atoms with E-state index in [0.29, 0.717) is 0 Å². The fourth-order valence-electron chi connectivity index (χ4n) is 1.69. The van der Waals surface area contributed by atoms with E-state index in [0.717, 1.165) is 15.6 Å². The van der Waals surface area contributed by atoms with Crippen molar-refractivity contribution in [1.29, 1.82) is 0 Å². The van der Waals surface area contributed by atoms with Gasteiger partial charge in [-0.05, 0) is 44.9 Å². The van der Waals surface area contributed by atoms with E-state index in [4.69, 9.17) is 4.74 Å². The number of carbonyl (C=O) groups excluding carboxylic acids is 1. The second kappa shape index (κ2) is 6.93. The highest BCUT2D eigenvalue weighted by Crippen LogP contribution is 2.20.